The van der Waals surface area contributed by atoms with Crippen LogP contribution in [0.3, 0.4) is 0 Å². The van der Waals surface area contributed by atoms with Crippen molar-refractivity contribution in [3.8, 4) is 16.9 Å². The minimum absolute atomic E-state index is 0.0364. The molecule has 0 saturated heterocycles. The quantitative estimate of drug-likeness (QED) is 0.880. The number of carbonyl (C=O) groups is 1. The lowest BCUT2D eigenvalue weighted by Crippen LogP contribution is -2.06. The first-order chi connectivity index (χ1) is 11.4. The van der Waals surface area contributed by atoms with Crippen LogP contribution in [-0.2, 0) is 11.2 Å². The Hall–Kier alpha value is -2.14. The maximum atomic E-state index is 13.0. The van der Waals surface area contributed by atoms with Crippen LogP contribution in [0.25, 0.3) is 11.1 Å². The van der Waals surface area contributed by atoms with E-state index in [1.807, 2.05) is 18.2 Å². The molecule has 1 N–H and O–H groups in total. The van der Waals surface area contributed by atoms with Gasteiger partial charge in [-0.1, -0.05) is 23.7 Å². The van der Waals surface area contributed by atoms with Gasteiger partial charge in [-0.3, -0.25) is 4.79 Å². The van der Waals surface area contributed by atoms with E-state index in [4.69, 9.17) is 16.3 Å². The lowest BCUT2D eigenvalue weighted by Gasteiger charge is -2.14. The molecule has 0 aromatic heterocycles. The first-order valence-electron chi connectivity index (χ1n) is 7.66. The van der Waals surface area contributed by atoms with Gasteiger partial charge >= 0.3 is 0 Å². The van der Waals surface area contributed by atoms with Crippen molar-refractivity contribution in [1.29, 1.82) is 0 Å². The van der Waals surface area contributed by atoms with Crippen molar-refractivity contribution in [3.63, 3.8) is 0 Å². The molecule has 1 amide bonds. The van der Waals surface area contributed by atoms with E-state index in [2.05, 4.69) is 5.32 Å². The molecule has 2 aromatic rings. The van der Waals surface area contributed by atoms with Crippen LogP contribution in [0.5, 0.6) is 5.75 Å². The number of fused-ring (bicyclic) bond motifs is 1. The standard InChI is InChI=1S/C18H14ClF2NO2/c19-13-2-1-3-15(24-9-12-8-18(12,20)21)17(13)10-4-5-14-11(6-10)7-16(23)22-14/h1-6,12H,7-9H2,(H,22,23). The fraction of sp³-hybridized carbons (Fsp3) is 0.278. The first kappa shape index (κ1) is 15.4. The van der Waals surface area contributed by atoms with Crippen molar-refractivity contribution < 1.29 is 18.3 Å². The first-order valence-corrected chi connectivity index (χ1v) is 8.04. The van der Waals surface area contributed by atoms with Gasteiger partial charge in [0.15, 0.2) is 0 Å². The number of benzene rings is 2. The second kappa shape index (κ2) is 5.45. The molecule has 1 unspecified atom stereocenters. The summed E-state index contributed by atoms with van der Waals surface area (Å²) in [4.78, 5) is 11.5. The molecule has 0 radical (unpaired) electrons. The number of alkyl halides is 2. The highest BCUT2D eigenvalue weighted by molar-refractivity contribution is 6.33. The minimum atomic E-state index is -2.61. The van der Waals surface area contributed by atoms with Gasteiger partial charge in [-0.15, -0.1) is 0 Å². The second-order valence-electron chi connectivity index (χ2n) is 6.18. The molecule has 1 fully saturated rings. The Morgan fingerprint density at radius 2 is 2.08 bits per heavy atom. The van der Waals surface area contributed by atoms with E-state index in [1.165, 1.54) is 0 Å². The monoisotopic (exact) mass is 349 g/mol. The molecule has 4 rings (SSSR count). The zero-order valence-corrected chi connectivity index (χ0v) is 13.4. The molecule has 1 saturated carbocycles. The second-order valence-corrected chi connectivity index (χ2v) is 6.59. The highest BCUT2D eigenvalue weighted by atomic mass is 35.5. The number of amides is 1. The van der Waals surface area contributed by atoms with Crippen LogP contribution in [-0.4, -0.2) is 18.4 Å². The van der Waals surface area contributed by atoms with Crippen LogP contribution < -0.4 is 10.1 Å². The van der Waals surface area contributed by atoms with Gasteiger partial charge < -0.3 is 10.1 Å². The van der Waals surface area contributed by atoms with Gasteiger partial charge in [0.05, 0.1) is 24.0 Å². The minimum Gasteiger partial charge on any atom is -0.492 e. The summed E-state index contributed by atoms with van der Waals surface area (Å²) in [7, 11) is 0. The summed E-state index contributed by atoms with van der Waals surface area (Å²) in [6.45, 7) is -0.0364. The van der Waals surface area contributed by atoms with Gasteiger partial charge in [-0.2, -0.15) is 0 Å². The lowest BCUT2D eigenvalue weighted by atomic mass is 10.0. The maximum Gasteiger partial charge on any atom is 0.255 e. The van der Waals surface area contributed by atoms with Crippen molar-refractivity contribution in [2.45, 2.75) is 18.8 Å². The largest absolute Gasteiger partial charge is 0.492 e. The van der Waals surface area contributed by atoms with Crippen molar-refractivity contribution in [2.24, 2.45) is 5.92 Å². The predicted molar refractivity (Wildman–Crippen MR) is 87.8 cm³/mol. The Balaban J connectivity index is 1.65. The number of carbonyl (C=O) groups excluding carboxylic acids is 1. The fourth-order valence-electron chi connectivity index (χ4n) is 2.93. The van der Waals surface area contributed by atoms with Crippen LogP contribution in [0.15, 0.2) is 36.4 Å². The Kier molecular flexibility index (Phi) is 3.49. The molecule has 1 aliphatic heterocycles. The molecule has 0 spiro atoms. The van der Waals surface area contributed by atoms with Crippen molar-refractivity contribution in [1.82, 2.24) is 0 Å². The molecule has 124 valence electrons. The maximum absolute atomic E-state index is 13.0. The molecule has 2 aromatic carbocycles. The van der Waals surface area contributed by atoms with E-state index >= 15 is 0 Å². The van der Waals surface area contributed by atoms with Gasteiger partial charge in [-0.25, -0.2) is 8.78 Å². The zero-order chi connectivity index (χ0) is 16.9. The smallest absolute Gasteiger partial charge is 0.255 e. The predicted octanol–water partition coefficient (Wildman–Crippen LogP) is 4.54. The molecule has 24 heavy (non-hydrogen) atoms. The summed E-state index contributed by atoms with van der Waals surface area (Å²) in [5, 5.41) is 3.26. The van der Waals surface area contributed by atoms with Crippen molar-refractivity contribution in [3.05, 3.63) is 47.0 Å². The third-order valence-electron chi connectivity index (χ3n) is 4.39. The topological polar surface area (TPSA) is 38.3 Å². The van der Waals surface area contributed by atoms with Crippen molar-refractivity contribution in [2.75, 3.05) is 11.9 Å². The summed E-state index contributed by atoms with van der Waals surface area (Å²) >= 11 is 6.32. The average Bonchev–Trinajstić information content (AvgIpc) is 2.96. The van der Waals surface area contributed by atoms with Gasteiger partial charge in [0.25, 0.3) is 5.92 Å². The Labute approximate surface area is 142 Å². The van der Waals surface area contributed by atoms with E-state index in [1.54, 1.807) is 18.2 Å². The average molecular weight is 350 g/mol. The van der Waals surface area contributed by atoms with Gasteiger partial charge in [0, 0.05) is 17.7 Å². The van der Waals surface area contributed by atoms with E-state index in [9.17, 15) is 13.6 Å². The van der Waals surface area contributed by atoms with Gasteiger partial charge in [0.2, 0.25) is 5.91 Å². The number of nitrogens with one attached hydrogen (secondary N) is 1. The molecule has 6 heteroatoms. The molecular formula is C18H14ClF2NO2. The van der Waals surface area contributed by atoms with Crippen molar-refractivity contribution >= 4 is 23.2 Å². The van der Waals surface area contributed by atoms with Gasteiger partial charge in [-0.05, 0) is 35.4 Å². The van der Waals surface area contributed by atoms with Gasteiger partial charge in [0.1, 0.15) is 5.75 Å². The molecule has 3 nitrogen and oxygen atoms in total. The number of hydrogen-bond acceptors (Lipinski definition) is 2. The Bertz CT molecular complexity index is 838. The molecule has 0 bridgehead atoms. The molecule has 1 aliphatic carbocycles. The molecular weight excluding hydrogens is 336 g/mol. The number of anilines is 1. The van der Waals surface area contributed by atoms with E-state index in [0.29, 0.717) is 22.8 Å². The normalized spacial score (nSPS) is 20.5. The van der Waals surface area contributed by atoms with Crippen LogP contribution in [0.4, 0.5) is 14.5 Å². The van der Waals surface area contributed by atoms with Crippen LogP contribution >= 0.6 is 11.6 Å². The number of rotatable bonds is 4. The summed E-state index contributed by atoms with van der Waals surface area (Å²) < 4.78 is 31.7. The summed E-state index contributed by atoms with van der Waals surface area (Å²) in [5.74, 6) is -2.92. The van der Waals surface area contributed by atoms with Crippen LogP contribution in [0.2, 0.25) is 5.02 Å². The zero-order valence-electron chi connectivity index (χ0n) is 12.6. The number of ether oxygens (including phenoxy) is 1. The summed E-state index contributed by atoms with van der Waals surface area (Å²) in [6.07, 6.45) is 0.188. The van der Waals surface area contributed by atoms with Crippen LogP contribution in [0.1, 0.15) is 12.0 Å². The molecule has 1 heterocycles. The third-order valence-corrected chi connectivity index (χ3v) is 4.71. The number of halogens is 3. The lowest BCUT2D eigenvalue weighted by molar-refractivity contribution is -0.115. The van der Waals surface area contributed by atoms with Crippen LogP contribution in [0, 0.1) is 5.92 Å². The fourth-order valence-corrected chi connectivity index (χ4v) is 3.21. The Morgan fingerprint density at radius 3 is 2.83 bits per heavy atom. The van der Waals surface area contributed by atoms with E-state index in [-0.39, 0.29) is 18.9 Å². The molecule has 2 aliphatic rings. The third kappa shape index (κ3) is 2.73. The summed E-state index contributed by atoms with van der Waals surface area (Å²) in [6, 6.07) is 10.7. The van der Waals surface area contributed by atoms with E-state index < -0.39 is 11.8 Å². The highest BCUT2D eigenvalue weighted by Gasteiger charge is 2.57. The number of hydrogen-bond donors (Lipinski definition) is 1. The highest BCUT2D eigenvalue weighted by Crippen LogP contribution is 2.49. The SMILES string of the molecule is O=C1Cc2cc(-c3c(Cl)cccc3OCC3CC3(F)F)ccc2N1. The molecule has 1 atom stereocenters. The summed E-state index contributed by atoms with van der Waals surface area (Å²) in [5.41, 5.74) is 3.13. The Morgan fingerprint density at radius 1 is 1.29 bits per heavy atom. The van der Waals surface area contributed by atoms with E-state index in [0.717, 1.165) is 16.8 Å².